The summed E-state index contributed by atoms with van der Waals surface area (Å²) in [6.45, 7) is 7.90. The van der Waals surface area contributed by atoms with E-state index in [4.69, 9.17) is 4.74 Å². The third-order valence-electron chi connectivity index (χ3n) is 2.11. The SMILES string of the molecule is CC1CC(C(=O)OC(C)(C)C)C1. The molecule has 0 aromatic carbocycles. The summed E-state index contributed by atoms with van der Waals surface area (Å²) in [4.78, 5) is 11.4. The number of carbonyl (C=O) groups excluding carboxylic acids is 1. The second-order valence-corrected chi connectivity index (χ2v) is 4.81. The van der Waals surface area contributed by atoms with Gasteiger partial charge in [0.25, 0.3) is 0 Å². The Labute approximate surface area is 74.3 Å². The lowest BCUT2D eigenvalue weighted by molar-refractivity contribution is -0.164. The normalized spacial score (nSPS) is 29.3. The van der Waals surface area contributed by atoms with Gasteiger partial charge < -0.3 is 4.74 Å². The molecule has 0 radical (unpaired) electrons. The van der Waals surface area contributed by atoms with Gasteiger partial charge in [0.15, 0.2) is 0 Å². The van der Waals surface area contributed by atoms with Crippen molar-refractivity contribution in [3.8, 4) is 0 Å². The molecule has 0 N–H and O–H groups in total. The zero-order chi connectivity index (χ0) is 9.35. The lowest BCUT2D eigenvalue weighted by Gasteiger charge is -2.33. The Morgan fingerprint density at radius 3 is 2.17 bits per heavy atom. The zero-order valence-corrected chi connectivity index (χ0v) is 8.39. The van der Waals surface area contributed by atoms with Crippen LogP contribution in [0.3, 0.4) is 0 Å². The maximum absolute atomic E-state index is 11.4. The van der Waals surface area contributed by atoms with Gasteiger partial charge in [0.1, 0.15) is 5.60 Å². The molecule has 0 amide bonds. The Kier molecular flexibility index (Phi) is 2.45. The van der Waals surface area contributed by atoms with E-state index in [0.717, 1.165) is 12.8 Å². The maximum atomic E-state index is 11.4. The van der Waals surface area contributed by atoms with Crippen molar-refractivity contribution in [2.75, 3.05) is 0 Å². The molecule has 12 heavy (non-hydrogen) atoms. The van der Waals surface area contributed by atoms with E-state index in [2.05, 4.69) is 6.92 Å². The fraction of sp³-hybridized carbons (Fsp3) is 0.900. The fourth-order valence-corrected chi connectivity index (χ4v) is 1.48. The minimum Gasteiger partial charge on any atom is -0.460 e. The van der Waals surface area contributed by atoms with E-state index in [0.29, 0.717) is 5.92 Å². The van der Waals surface area contributed by atoms with Crippen LogP contribution in [0.15, 0.2) is 0 Å². The van der Waals surface area contributed by atoms with Gasteiger partial charge in [0.05, 0.1) is 5.92 Å². The summed E-state index contributed by atoms with van der Waals surface area (Å²) in [5, 5.41) is 0. The molecular formula is C10H18O2. The van der Waals surface area contributed by atoms with Crippen LogP contribution in [0.25, 0.3) is 0 Å². The van der Waals surface area contributed by atoms with Crippen LogP contribution in [0.1, 0.15) is 40.5 Å². The second kappa shape index (κ2) is 3.08. The fourth-order valence-electron chi connectivity index (χ4n) is 1.48. The summed E-state index contributed by atoms with van der Waals surface area (Å²) in [5.41, 5.74) is -0.324. The number of esters is 1. The first-order chi connectivity index (χ1) is 5.38. The van der Waals surface area contributed by atoms with Crippen LogP contribution in [-0.4, -0.2) is 11.6 Å². The molecular weight excluding hydrogens is 152 g/mol. The number of hydrogen-bond donors (Lipinski definition) is 0. The van der Waals surface area contributed by atoms with Crippen LogP contribution in [0, 0.1) is 11.8 Å². The molecule has 70 valence electrons. The van der Waals surface area contributed by atoms with E-state index < -0.39 is 0 Å². The highest BCUT2D eigenvalue weighted by Gasteiger charge is 2.34. The van der Waals surface area contributed by atoms with E-state index in [1.807, 2.05) is 20.8 Å². The highest BCUT2D eigenvalue weighted by molar-refractivity contribution is 5.73. The lowest BCUT2D eigenvalue weighted by atomic mass is 9.76. The van der Waals surface area contributed by atoms with Crippen molar-refractivity contribution in [3.63, 3.8) is 0 Å². The van der Waals surface area contributed by atoms with Crippen molar-refractivity contribution in [2.45, 2.75) is 46.1 Å². The van der Waals surface area contributed by atoms with Gasteiger partial charge in [-0.3, -0.25) is 4.79 Å². The molecule has 0 aliphatic heterocycles. The van der Waals surface area contributed by atoms with Gasteiger partial charge in [0, 0.05) is 0 Å². The molecule has 1 fully saturated rings. The molecule has 0 atom stereocenters. The van der Waals surface area contributed by atoms with E-state index in [-0.39, 0.29) is 17.5 Å². The Morgan fingerprint density at radius 1 is 1.33 bits per heavy atom. The number of hydrogen-bond acceptors (Lipinski definition) is 2. The predicted molar refractivity (Wildman–Crippen MR) is 47.7 cm³/mol. The first-order valence-electron chi connectivity index (χ1n) is 4.61. The summed E-state index contributed by atoms with van der Waals surface area (Å²) in [5.74, 6) is 0.877. The van der Waals surface area contributed by atoms with Crippen LogP contribution < -0.4 is 0 Å². The average Bonchev–Trinajstić information content (AvgIpc) is 1.76. The van der Waals surface area contributed by atoms with Crippen molar-refractivity contribution in [1.29, 1.82) is 0 Å². The standard InChI is InChI=1S/C10H18O2/c1-7-5-8(6-7)9(11)12-10(2,3)4/h7-8H,5-6H2,1-4H3. The number of carbonyl (C=O) groups is 1. The lowest BCUT2D eigenvalue weighted by Crippen LogP contribution is -2.35. The second-order valence-electron chi connectivity index (χ2n) is 4.81. The first-order valence-corrected chi connectivity index (χ1v) is 4.61. The smallest absolute Gasteiger partial charge is 0.309 e. The molecule has 2 nitrogen and oxygen atoms in total. The Hall–Kier alpha value is -0.530. The van der Waals surface area contributed by atoms with Crippen molar-refractivity contribution in [2.24, 2.45) is 11.8 Å². The Balaban J connectivity index is 2.30. The van der Waals surface area contributed by atoms with Crippen molar-refractivity contribution < 1.29 is 9.53 Å². The van der Waals surface area contributed by atoms with Gasteiger partial charge in [0.2, 0.25) is 0 Å². The summed E-state index contributed by atoms with van der Waals surface area (Å²) in [7, 11) is 0. The maximum Gasteiger partial charge on any atom is 0.309 e. The van der Waals surface area contributed by atoms with Crippen molar-refractivity contribution in [3.05, 3.63) is 0 Å². The summed E-state index contributed by atoms with van der Waals surface area (Å²) >= 11 is 0. The molecule has 0 saturated heterocycles. The van der Waals surface area contributed by atoms with Gasteiger partial charge in [-0.1, -0.05) is 6.92 Å². The third-order valence-corrected chi connectivity index (χ3v) is 2.11. The minimum atomic E-state index is -0.324. The molecule has 0 aromatic rings. The molecule has 1 aliphatic carbocycles. The Bertz CT molecular complexity index is 173. The van der Waals surface area contributed by atoms with Crippen LogP contribution in [0.2, 0.25) is 0 Å². The van der Waals surface area contributed by atoms with E-state index in [1.54, 1.807) is 0 Å². The van der Waals surface area contributed by atoms with E-state index >= 15 is 0 Å². The third kappa shape index (κ3) is 2.50. The van der Waals surface area contributed by atoms with Crippen LogP contribution in [0.4, 0.5) is 0 Å². The zero-order valence-electron chi connectivity index (χ0n) is 8.39. The van der Waals surface area contributed by atoms with Gasteiger partial charge in [-0.25, -0.2) is 0 Å². The Morgan fingerprint density at radius 2 is 1.83 bits per heavy atom. The highest BCUT2D eigenvalue weighted by Crippen LogP contribution is 2.34. The molecule has 0 unspecified atom stereocenters. The van der Waals surface area contributed by atoms with Gasteiger partial charge in [-0.2, -0.15) is 0 Å². The van der Waals surface area contributed by atoms with Crippen molar-refractivity contribution in [1.82, 2.24) is 0 Å². The molecule has 1 saturated carbocycles. The average molecular weight is 170 g/mol. The number of ether oxygens (including phenoxy) is 1. The van der Waals surface area contributed by atoms with Gasteiger partial charge in [-0.15, -0.1) is 0 Å². The topological polar surface area (TPSA) is 26.3 Å². The molecule has 0 aromatic heterocycles. The molecule has 0 spiro atoms. The van der Waals surface area contributed by atoms with Crippen LogP contribution in [0.5, 0.6) is 0 Å². The molecule has 1 aliphatic rings. The molecule has 0 heterocycles. The molecule has 2 heteroatoms. The first kappa shape index (κ1) is 9.56. The molecule has 1 rings (SSSR count). The summed E-state index contributed by atoms with van der Waals surface area (Å²) in [6, 6.07) is 0. The van der Waals surface area contributed by atoms with Gasteiger partial charge >= 0.3 is 5.97 Å². The predicted octanol–water partition coefficient (Wildman–Crippen LogP) is 2.37. The van der Waals surface area contributed by atoms with E-state index in [9.17, 15) is 4.79 Å². The van der Waals surface area contributed by atoms with E-state index in [1.165, 1.54) is 0 Å². The molecule has 0 bridgehead atoms. The van der Waals surface area contributed by atoms with Gasteiger partial charge in [-0.05, 0) is 39.5 Å². The quantitative estimate of drug-likeness (QED) is 0.565. The van der Waals surface area contributed by atoms with Crippen LogP contribution >= 0.6 is 0 Å². The minimum absolute atomic E-state index is 0.0133. The monoisotopic (exact) mass is 170 g/mol. The number of rotatable bonds is 1. The summed E-state index contributed by atoms with van der Waals surface area (Å²) in [6.07, 6.45) is 2.02. The highest BCUT2D eigenvalue weighted by atomic mass is 16.6. The van der Waals surface area contributed by atoms with Crippen LogP contribution in [-0.2, 0) is 9.53 Å². The summed E-state index contributed by atoms with van der Waals surface area (Å²) < 4.78 is 5.25. The van der Waals surface area contributed by atoms with Crippen molar-refractivity contribution >= 4 is 5.97 Å². The largest absolute Gasteiger partial charge is 0.460 e.